The lowest BCUT2D eigenvalue weighted by atomic mass is 9.66. The molecule has 3 nitrogen and oxygen atoms in total. The Bertz CT molecular complexity index is 496. The highest BCUT2D eigenvalue weighted by Crippen LogP contribution is 2.46. The Hall–Kier alpha value is -0.250. The monoisotopic (exact) mass is 561 g/mol. The van der Waals surface area contributed by atoms with E-state index in [0.717, 1.165) is 13.8 Å². The summed E-state index contributed by atoms with van der Waals surface area (Å²) in [7, 11) is 3.75. The molecule has 0 bridgehead atoms. The average molecular weight is 562 g/mol. The van der Waals surface area contributed by atoms with Gasteiger partial charge in [0.05, 0.1) is 0 Å². The average Bonchev–Trinajstić information content (AvgIpc) is 2.56. The van der Waals surface area contributed by atoms with E-state index in [-0.39, 0.29) is 46.9 Å². The van der Waals surface area contributed by atoms with Gasteiger partial charge in [0.25, 0.3) is 0 Å². The van der Waals surface area contributed by atoms with Crippen LogP contribution in [0.4, 0.5) is 26.3 Å². The molecule has 0 saturated heterocycles. The van der Waals surface area contributed by atoms with Crippen LogP contribution < -0.4 is 5.32 Å². The Balaban J connectivity index is -0.000000250. The van der Waals surface area contributed by atoms with Gasteiger partial charge in [0.2, 0.25) is 0 Å². The van der Waals surface area contributed by atoms with Crippen LogP contribution in [0.15, 0.2) is 0 Å². The molecule has 2 unspecified atom stereocenters. The van der Waals surface area contributed by atoms with Crippen molar-refractivity contribution in [1.82, 2.24) is 5.32 Å². The highest BCUT2D eigenvalue weighted by atomic mass is 35.5. The summed E-state index contributed by atoms with van der Waals surface area (Å²) in [6, 6.07) is 0. The first-order valence-electron chi connectivity index (χ1n) is 12.0. The molecular weight excluding hydrogens is 508 g/mol. The molecule has 0 saturated carbocycles. The van der Waals surface area contributed by atoms with Crippen LogP contribution in [0.25, 0.3) is 0 Å². The molecule has 224 valence electrons. The fourth-order valence-corrected chi connectivity index (χ4v) is 2.15. The van der Waals surface area contributed by atoms with Gasteiger partial charge in [-0.2, -0.15) is 26.3 Å². The van der Waals surface area contributed by atoms with Gasteiger partial charge in [0.15, 0.2) is 11.2 Å². The van der Waals surface area contributed by atoms with Gasteiger partial charge in [-0.15, -0.1) is 12.4 Å². The summed E-state index contributed by atoms with van der Waals surface area (Å²) in [6.45, 7) is 21.4. The molecule has 0 aromatic heterocycles. The van der Waals surface area contributed by atoms with Crippen LogP contribution in [-0.2, 0) is 0 Å². The van der Waals surface area contributed by atoms with E-state index in [0.29, 0.717) is 12.8 Å². The van der Waals surface area contributed by atoms with Crippen molar-refractivity contribution in [1.29, 1.82) is 0 Å². The summed E-state index contributed by atoms with van der Waals surface area (Å²) in [4.78, 5) is 0. The van der Waals surface area contributed by atoms with E-state index in [1.54, 1.807) is 0 Å². The third-order valence-electron chi connectivity index (χ3n) is 7.76. The van der Waals surface area contributed by atoms with Crippen molar-refractivity contribution in [2.45, 2.75) is 132 Å². The lowest BCUT2D eigenvalue weighted by Crippen LogP contribution is -2.43. The van der Waals surface area contributed by atoms with Crippen molar-refractivity contribution >= 4 is 12.4 Å². The summed E-state index contributed by atoms with van der Waals surface area (Å²) in [5, 5.41) is 21.5. The van der Waals surface area contributed by atoms with E-state index in [2.05, 4.69) is 5.32 Å². The molecule has 36 heavy (non-hydrogen) atoms. The maximum Gasteiger partial charge on any atom is 0.416 e. The summed E-state index contributed by atoms with van der Waals surface area (Å²) in [5.41, 5.74) is -5.85. The maximum absolute atomic E-state index is 12.5. The molecule has 0 aliphatic carbocycles. The number of rotatable bonds is 6. The van der Waals surface area contributed by atoms with E-state index in [1.165, 1.54) is 0 Å². The predicted octanol–water partition coefficient (Wildman–Crippen LogP) is 8.56. The standard InChI is InChI=1S/2C12H23F3O.C2H7N.ClH/c2*1-9(2,3)10(4,5)7-8-11(6,16)12(13,14)15;1-3-2;/h2*16H,7-8H2,1-6H3;3H,1-2H3;1H. The summed E-state index contributed by atoms with van der Waals surface area (Å²) >= 11 is 0. The van der Waals surface area contributed by atoms with E-state index >= 15 is 0 Å². The van der Waals surface area contributed by atoms with Crippen LogP contribution in [0.5, 0.6) is 0 Å². The molecule has 0 spiro atoms. The Labute approximate surface area is 222 Å². The Morgan fingerprint density at radius 3 is 0.750 bits per heavy atom. The number of aliphatic hydroxyl groups is 2. The zero-order valence-corrected chi connectivity index (χ0v) is 25.7. The number of hydrogen-bond donors (Lipinski definition) is 3. The van der Waals surface area contributed by atoms with Crippen molar-refractivity contribution in [3.63, 3.8) is 0 Å². The van der Waals surface area contributed by atoms with Crippen LogP contribution in [0, 0.1) is 21.7 Å². The molecule has 3 N–H and O–H groups in total. The topological polar surface area (TPSA) is 52.5 Å². The Morgan fingerprint density at radius 1 is 0.472 bits per heavy atom. The fraction of sp³-hybridized carbons (Fsp3) is 1.00. The van der Waals surface area contributed by atoms with Gasteiger partial charge >= 0.3 is 12.4 Å². The number of halogens is 7. The molecule has 10 heteroatoms. The van der Waals surface area contributed by atoms with Gasteiger partial charge in [-0.3, -0.25) is 0 Å². The number of nitrogens with one attached hydrogen (secondary N) is 1. The van der Waals surface area contributed by atoms with Crippen LogP contribution in [0.2, 0.25) is 0 Å². The van der Waals surface area contributed by atoms with Gasteiger partial charge in [0.1, 0.15) is 0 Å². The molecule has 0 heterocycles. The van der Waals surface area contributed by atoms with Gasteiger partial charge in [-0.25, -0.2) is 0 Å². The van der Waals surface area contributed by atoms with Gasteiger partial charge in [0, 0.05) is 0 Å². The minimum absolute atomic E-state index is 0. The lowest BCUT2D eigenvalue weighted by molar-refractivity contribution is -0.257. The second-order valence-electron chi connectivity index (χ2n) is 13.3. The first kappa shape index (κ1) is 42.8. The van der Waals surface area contributed by atoms with Crippen molar-refractivity contribution in [2.24, 2.45) is 21.7 Å². The summed E-state index contributed by atoms with van der Waals surface area (Å²) < 4.78 is 74.7. The second kappa shape index (κ2) is 14.2. The molecule has 0 radical (unpaired) electrons. The van der Waals surface area contributed by atoms with E-state index in [9.17, 15) is 36.6 Å². The molecule has 0 aromatic carbocycles. The minimum Gasteiger partial charge on any atom is -0.381 e. The molecule has 0 aliphatic rings. The van der Waals surface area contributed by atoms with Crippen LogP contribution >= 0.6 is 12.4 Å². The van der Waals surface area contributed by atoms with E-state index in [4.69, 9.17) is 0 Å². The highest BCUT2D eigenvalue weighted by molar-refractivity contribution is 5.85. The van der Waals surface area contributed by atoms with Crippen LogP contribution in [-0.4, -0.2) is 47.9 Å². The molecule has 0 amide bonds. The molecule has 0 aliphatic heterocycles. The van der Waals surface area contributed by atoms with Crippen LogP contribution in [0.3, 0.4) is 0 Å². The Morgan fingerprint density at radius 2 is 0.639 bits per heavy atom. The second-order valence-corrected chi connectivity index (χ2v) is 13.3. The minimum atomic E-state index is -4.55. The summed E-state index contributed by atoms with van der Waals surface area (Å²) in [6.07, 6.45) is -8.96. The highest BCUT2D eigenvalue weighted by Gasteiger charge is 2.51. The quantitative estimate of drug-likeness (QED) is 0.285. The van der Waals surface area contributed by atoms with E-state index in [1.807, 2.05) is 83.3 Å². The van der Waals surface area contributed by atoms with Crippen molar-refractivity contribution in [3.8, 4) is 0 Å². The lowest BCUT2D eigenvalue weighted by Gasteiger charge is -2.41. The first-order chi connectivity index (χ1) is 14.8. The van der Waals surface area contributed by atoms with Crippen molar-refractivity contribution in [3.05, 3.63) is 0 Å². The van der Waals surface area contributed by atoms with Crippen LogP contribution in [0.1, 0.15) is 109 Å². The number of hydrogen-bond acceptors (Lipinski definition) is 3. The molecule has 0 rings (SSSR count). The zero-order valence-electron chi connectivity index (χ0n) is 24.9. The third kappa shape index (κ3) is 14.6. The van der Waals surface area contributed by atoms with Gasteiger partial charge < -0.3 is 15.5 Å². The largest absolute Gasteiger partial charge is 0.416 e. The molecule has 0 aromatic rings. The van der Waals surface area contributed by atoms with Crippen molar-refractivity contribution in [2.75, 3.05) is 14.1 Å². The fourth-order valence-electron chi connectivity index (χ4n) is 2.15. The SMILES string of the molecule is CC(C)(C)C(C)(C)CCC(C)(O)C(F)(F)F.CC(C)(C)C(C)(C)CCC(C)(O)C(F)(F)F.CNC.Cl. The maximum atomic E-state index is 12.5. The van der Waals surface area contributed by atoms with Gasteiger partial charge in [-0.05, 0) is 75.3 Å². The Kier molecular flexibility index (Phi) is 16.9. The predicted molar refractivity (Wildman–Crippen MR) is 141 cm³/mol. The molecule has 0 fully saturated rings. The van der Waals surface area contributed by atoms with Gasteiger partial charge in [-0.1, -0.05) is 69.2 Å². The first-order valence-corrected chi connectivity index (χ1v) is 12.0. The molecule has 2 atom stereocenters. The molecular formula is C26H54ClF6NO2. The smallest absolute Gasteiger partial charge is 0.381 e. The summed E-state index contributed by atoms with van der Waals surface area (Å²) in [5.74, 6) is 0. The van der Waals surface area contributed by atoms with Crippen molar-refractivity contribution < 1.29 is 36.6 Å². The number of alkyl halides is 6. The zero-order chi connectivity index (χ0) is 29.5. The van der Waals surface area contributed by atoms with E-state index < -0.39 is 23.6 Å². The third-order valence-corrected chi connectivity index (χ3v) is 7.76. The normalized spacial score (nSPS) is 16.8.